The van der Waals surface area contributed by atoms with Crippen LogP contribution in [0.15, 0.2) is 53.4 Å². The van der Waals surface area contributed by atoms with E-state index in [1.165, 1.54) is 23.9 Å². The van der Waals surface area contributed by atoms with Gasteiger partial charge in [-0.05, 0) is 43.3 Å². The fraction of sp³-hybridized carbons (Fsp3) is 0.316. The van der Waals surface area contributed by atoms with Crippen molar-refractivity contribution in [1.29, 1.82) is 0 Å². The van der Waals surface area contributed by atoms with Crippen molar-refractivity contribution in [2.45, 2.75) is 17.1 Å². The van der Waals surface area contributed by atoms with Crippen LogP contribution in [0.5, 0.6) is 0 Å². The van der Waals surface area contributed by atoms with Crippen molar-refractivity contribution in [1.82, 2.24) is 0 Å². The standard InChI is InChI=1S/C19H21N3O4S/c1-14(27-18-8-6-17(7-9-18)22(24)25)19(23)20-15-2-4-16(5-3-15)21-10-12-26-13-11-21/h2-9,14H,10-13H2,1H3,(H,20,23)/t14-/m1/s1. The van der Waals surface area contributed by atoms with Gasteiger partial charge >= 0.3 is 0 Å². The second kappa shape index (κ2) is 8.88. The molecule has 0 unspecified atom stereocenters. The van der Waals surface area contributed by atoms with Gasteiger partial charge in [0.2, 0.25) is 5.91 Å². The molecule has 0 bridgehead atoms. The predicted molar refractivity (Wildman–Crippen MR) is 107 cm³/mol. The molecule has 7 nitrogen and oxygen atoms in total. The van der Waals surface area contributed by atoms with Crippen LogP contribution in [0.4, 0.5) is 17.1 Å². The van der Waals surface area contributed by atoms with Gasteiger partial charge in [0.15, 0.2) is 0 Å². The first-order chi connectivity index (χ1) is 13.0. The number of benzene rings is 2. The van der Waals surface area contributed by atoms with E-state index in [1.54, 1.807) is 12.1 Å². The van der Waals surface area contributed by atoms with Crippen molar-refractivity contribution < 1.29 is 14.5 Å². The minimum atomic E-state index is -0.439. The summed E-state index contributed by atoms with van der Waals surface area (Å²) in [6.45, 7) is 5.01. The summed E-state index contributed by atoms with van der Waals surface area (Å²) in [5.74, 6) is -0.113. The number of ether oxygens (including phenoxy) is 1. The molecule has 0 aliphatic carbocycles. The van der Waals surface area contributed by atoms with Gasteiger partial charge < -0.3 is 15.0 Å². The summed E-state index contributed by atoms with van der Waals surface area (Å²) < 4.78 is 5.36. The maximum Gasteiger partial charge on any atom is 0.269 e. The number of nitro benzene ring substituents is 1. The molecule has 0 radical (unpaired) electrons. The van der Waals surface area contributed by atoms with Gasteiger partial charge in [-0.3, -0.25) is 14.9 Å². The van der Waals surface area contributed by atoms with E-state index in [9.17, 15) is 14.9 Å². The van der Waals surface area contributed by atoms with Crippen molar-refractivity contribution >= 4 is 34.7 Å². The quantitative estimate of drug-likeness (QED) is 0.464. The molecule has 2 aromatic carbocycles. The van der Waals surface area contributed by atoms with Crippen LogP contribution < -0.4 is 10.2 Å². The van der Waals surface area contributed by atoms with E-state index in [4.69, 9.17) is 4.74 Å². The Morgan fingerprint density at radius 2 is 1.78 bits per heavy atom. The van der Waals surface area contributed by atoms with E-state index < -0.39 is 4.92 Å². The molecule has 0 saturated carbocycles. The molecule has 1 saturated heterocycles. The number of carbonyl (C=O) groups is 1. The van der Waals surface area contributed by atoms with Gasteiger partial charge in [-0.25, -0.2) is 0 Å². The molecule has 1 aliphatic rings. The number of morpholine rings is 1. The molecule has 1 fully saturated rings. The van der Waals surface area contributed by atoms with Crippen LogP contribution >= 0.6 is 11.8 Å². The smallest absolute Gasteiger partial charge is 0.269 e. The number of rotatable bonds is 6. The second-order valence-electron chi connectivity index (χ2n) is 6.15. The number of hydrogen-bond donors (Lipinski definition) is 1. The summed E-state index contributed by atoms with van der Waals surface area (Å²) in [5.41, 5.74) is 1.90. The highest BCUT2D eigenvalue weighted by Crippen LogP contribution is 2.26. The number of thioether (sulfide) groups is 1. The van der Waals surface area contributed by atoms with E-state index in [2.05, 4.69) is 10.2 Å². The van der Waals surface area contributed by atoms with E-state index >= 15 is 0 Å². The zero-order valence-corrected chi connectivity index (χ0v) is 15.8. The number of nitro groups is 1. The Morgan fingerprint density at radius 1 is 1.15 bits per heavy atom. The molecule has 27 heavy (non-hydrogen) atoms. The van der Waals surface area contributed by atoms with Crippen molar-refractivity contribution in [2.24, 2.45) is 0 Å². The Labute approximate surface area is 161 Å². The third-order valence-electron chi connectivity index (χ3n) is 4.24. The van der Waals surface area contributed by atoms with Crippen LogP contribution in [0.1, 0.15) is 6.92 Å². The number of anilines is 2. The summed E-state index contributed by atoms with van der Waals surface area (Å²) in [7, 11) is 0. The SMILES string of the molecule is C[C@@H](Sc1ccc([N+](=O)[O-])cc1)C(=O)Nc1ccc(N2CCOCC2)cc1. The van der Waals surface area contributed by atoms with Crippen LogP contribution in [0, 0.1) is 10.1 Å². The lowest BCUT2D eigenvalue weighted by molar-refractivity contribution is -0.384. The number of carbonyl (C=O) groups excluding carboxylic acids is 1. The molecule has 142 valence electrons. The summed E-state index contributed by atoms with van der Waals surface area (Å²) in [5, 5.41) is 13.3. The molecule has 0 spiro atoms. The predicted octanol–water partition coefficient (Wildman–Crippen LogP) is 3.55. The number of nitrogens with zero attached hydrogens (tertiary/aromatic N) is 2. The minimum Gasteiger partial charge on any atom is -0.378 e. The molecular weight excluding hydrogens is 366 g/mol. The Hall–Kier alpha value is -2.58. The highest BCUT2D eigenvalue weighted by atomic mass is 32.2. The molecule has 1 heterocycles. The summed E-state index contributed by atoms with van der Waals surface area (Å²) >= 11 is 1.36. The molecule has 0 aromatic heterocycles. The Balaban J connectivity index is 1.55. The molecule has 1 aliphatic heterocycles. The molecule has 1 atom stereocenters. The zero-order chi connectivity index (χ0) is 19.2. The third kappa shape index (κ3) is 5.21. The van der Waals surface area contributed by atoms with E-state index in [1.807, 2.05) is 31.2 Å². The second-order valence-corrected chi connectivity index (χ2v) is 7.56. The van der Waals surface area contributed by atoms with Gasteiger partial charge in [0.05, 0.1) is 23.4 Å². The third-order valence-corrected chi connectivity index (χ3v) is 5.35. The maximum atomic E-state index is 12.4. The summed E-state index contributed by atoms with van der Waals surface area (Å²) in [6, 6.07) is 14.0. The van der Waals surface area contributed by atoms with Crippen LogP contribution in [0.2, 0.25) is 0 Å². The van der Waals surface area contributed by atoms with Gasteiger partial charge in [0.1, 0.15) is 0 Å². The highest BCUT2D eigenvalue weighted by Gasteiger charge is 2.16. The Kier molecular flexibility index (Phi) is 6.31. The first-order valence-electron chi connectivity index (χ1n) is 8.67. The lowest BCUT2D eigenvalue weighted by Crippen LogP contribution is -2.36. The van der Waals surface area contributed by atoms with Gasteiger partial charge in [0, 0.05) is 41.5 Å². The average molecular weight is 387 g/mol. The topological polar surface area (TPSA) is 84.7 Å². The van der Waals surface area contributed by atoms with Crippen LogP contribution in [0.25, 0.3) is 0 Å². The average Bonchev–Trinajstić information content (AvgIpc) is 2.69. The van der Waals surface area contributed by atoms with Crippen LogP contribution in [0.3, 0.4) is 0 Å². The Bertz CT molecular complexity index is 790. The van der Waals surface area contributed by atoms with E-state index in [-0.39, 0.29) is 16.8 Å². The first-order valence-corrected chi connectivity index (χ1v) is 9.55. The highest BCUT2D eigenvalue weighted by molar-refractivity contribution is 8.00. The molecule has 1 amide bonds. The minimum absolute atomic E-state index is 0.0387. The number of nitrogens with one attached hydrogen (secondary N) is 1. The molecular formula is C19H21N3O4S. The summed E-state index contributed by atoms with van der Waals surface area (Å²) in [4.78, 5) is 25.7. The lowest BCUT2D eigenvalue weighted by Gasteiger charge is -2.28. The molecule has 3 rings (SSSR count). The molecule has 2 aromatic rings. The van der Waals surface area contributed by atoms with Gasteiger partial charge in [-0.15, -0.1) is 11.8 Å². The van der Waals surface area contributed by atoms with Gasteiger partial charge in [0.25, 0.3) is 5.69 Å². The zero-order valence-electron chi connectivity index (χ0n) is 15.0. The maximum absolute atomic E-state index is 12.4. The van der Waals surface area contributed by atoms with E-state index in [0.29, 0.717) is 0 Å². The first kappa shape index (κ1) is 19.2. The van der Waals surface area contributed by atoms with Gasteiger partial charge in [-0.1, -0.05) is 0 Å². The summed E-state index contributed by atoms with van der Waals surface area (Å²) in [6.07, 6.45) is 0. The fourth-order valence-corrected chi connectivity index (χ4v) is 3.59. The Morgan fingerprint density at radius 3 is 2.37 bits per heavy atom. The van der Waals surface area contributed by atoms with Crippen LogP contribution in [-0.4, -0.2) is 42.4 Å². The number of amides is 1. The molecule has 1 N–H and O–H groups in total. The van der Waals surface area contributed by atoms with E-state index in [0.717, 1.165) is 42.6 Å². The normalized spacial score (nSPS) is 15.2. The van der Waals surface area contributed by atoms with Crippen LogP contribution in [-0.2, 0) is 9.53 Å². The monoisotopic (exact) mass is 387 g/mol. The van der Waals surface area contributed by atoms with Crippen molar-refractivity contribution in [3.05, 3.63) is 58.6 Å². The fourth-order valence-electron chi connectivity index (χ4n) is 2.73. The van der Waals surface area contributed by atoms with Gasteiger partial charge in [-0.2, -0.15) is 0 Å². The van der Waals surface area contributed by atoms with Crippen molar-refractivity contribution in [3.8, 4) is 0 Å². The number of hydrogen-bond acceptors (Lipinski definition) is 6. The lowest BCUT2D eigenvalue weighted by atomic mass is 10.2. The largest absolute Gasteiger partial charge is 0.378 e. The van der Waals surface area contributed by atoms with Crippen molar-refractivity contribution in [2.75, 3.05) is 36.5 Å². The molecule has 8 heteroatoms. The number of non-ortho nitro benzene ring substituents is 1. The van der Waals surface area contributed by atoms with Crippen molar-refractivity contribution in [3.63, 3.8) is 0 Å².